The summed E-state index contributed by atoms with van der Waals surface area (Å²) < 4.78 is 11.9. The molecule has 0 atom stereocenters. The van der Waals surface area contributed by atoms with Crippen molar-refractivity contribution in [3.8, 4) is 0 Å². The maximum atomic E-state index is 11.9. The maximum absolute atomic E-state index is 11.9. The van der Waals surface area contributed by atoms with Gasteiger partial charge in [-0.2, -0.15) is 18.2 Å². The third-order valence-electron chi connectivity index (χ3n) is 0.669. The standard InChI is InChI=1S/C6H4F.BrH.Zn/c7-6-4-2-1-3-5-6;;/h1-2,4-5H;1H;/q-1;;+2/p-1. The van der Waals surface area contributed by atoms with Crippen LogP contribution in [0.15, 0.2) is 24.3 Å². The zero-order valence-corrected chi connectivity index (χ0v) is 9.33. The van der Waals surface area contributed by atoms with Crippen LogP contribution in [-0.4, -0.2) is 0 Å². The van der Waals surface area contributed by atoms with E-state index in [1.54, 1.807) is 12.1 Å². The second-order valence-electron chi connectivity index (χ2n) is 1.22. The first-order chi connectivity index (χ1) is 3.39. The molecule has 0 aliphatic rings. The minimum absolute atomic E-state index is 0. The van der Waals surface area contributed by atoms with E-state index in [9.17, 15) is 4.39 Å². The van der Waals surface area contributed by atoms with Gasteiger partial charge in [-0.15, -0.1) is 12.1 Å². The SMILES string of the molecule is Fc1c[c-]ccc1.[Br-].[Zn+2]. The van der Waals surface area contributed by atoms with Crippen molar-refractivity contribution >= 4 is 0 Å². The van der Waals surface area contributed by atoms with Crippen LogP contribution in [0.4, 0.5) is 4.39 Å². The molecule has 9 heavy (non-hydrogen) atoms. The normalized spacial score (nSPS) is 6.78. The van der Waals surface area contributed by atoms with E-state index in [-0.39, 0.29) is 42.3 Å². The van der Waals surface area contributed by atoms with Crippen molar-refractivity contribution in [2.75, 3.05) is 0 Å². The summed E-state index contributed by atoms with van der Waals surface area (Å²) in [6.07, 6.45) is 0. The Morgan fingerprint density at radius 2 is 2.11 bits per heavy atom. The molecule has 0 unspecified atom stereocenters. The van der Waals surface area contributed by atoms with Crippen LogP contribution in [0.5, 0.6) is 0 Å². The first kappa shape index (κ1) is 12.0. The van der Waals surface area contributed by atoms with Gasteiger partial charge in [-0.25, -0.2) is 0 Å². The monoisotopic (exact) mass is 238 g/mol. The fraction of sp³-hybridized carbons (Fsp3) is 0. The number of benzene rings is 1. The number of hydrogen-bond donors (Lipinski definition) is 0. The number of rotatable bonds is 0. The Morgan fingerprint density at radius 1 is 1.44 bits per heavy atom. The molecule has 0 amide bonds. The summed E-state index contributed by atoms with van der Waals surface area (Å²) in [4.78, 5) is 0. The van der Waals surface area contributed by atoms with Gasteiger partial charge in [0.15, 0.2) is 0 Å². The van der Waals surface area contributed by atoms with Gasteiger partial charge >= 0.3 is 19.5 Å². The minimum atomic E-state index is -0.234. The predicted molar refractivity (Wildman–Crippen MR) is 25.2 cm³/mol. The molecule has 1 aromatic carbocycles. The van der Waals surface area contributed by atoms with Crippen molar-refractivity contribution in [2.24, 2.45) is 0 Å². The fourth-order valence-corrected chi connectivity index (χ4v) is 0.371. The van der Waals surface area contributed by atoms with Crippen molar-refractivity contribution < 1.29 is 40.8 Å². The molecule has 1 aromatic rings. The summed E-state index contributed by atoms with van der Waals surface area (Å²) in [7, 11) is 0. The molecule has 0 saturated carbocycles. The molecule has 0 saturated heterocycles. The number of hydrogen-bond acceptors (Lipinski definition) is 0. The molecule has 0 aliphatic carbocycles. The van der Waals surface area contributed by atoms with Gasteiger partial charge in [0.2, 0.25) is 0 Å². The molecular formula is C6H4BrFZn. The van der Waals surface area contributed by atoms with Gasteiger partial charge in [-0.05, 0) is 0 Å². The van der Waals surface area contributed by atoms with Crippen molar-refractivity contribution in [2.45, 2.75) is 0 Å². The van der Waals surface area contributed by atoms with Crippen LogP contribution in [0.1, 0.15) is 0 Å². The van der Waals surface area contributed by atoms with E-state index in [0.29, 0.717) is 0 Å². The summed E-state index contributed by atoms with van der Waals surface area (Å²) in [5, 5.41) is 0. The predicted octanol–water partition coefficient (Wildman–Crippen LogP) is -1.37. The van der Waals surface area contributed by atoms with Crippen LogP contribution in [0.3, 0.4) is 0 Å². The number of halogens is 2. The van der Waals surface area contributed by atoms with Crippen molar-refractivity contribution in [3.63, 3.8) is 0 Å². The van der Waals surface area contributed by atoms with E-state index in [2.05, 4.69) is 6.07 Å². The average Bonchev–Trinajstić information content (AvgIpc) is 1.69. The Bertz CT molecular complexity index is 143. The fourth-order valence-electron chi connectivity index (χ4n) is 0.371. The molecular weight excluding hydrogens is 236 g/mol. The Labute approximate surface area is 77.0 Å². The van der Waals surface area contributed by atoms with E-state index in [0.717, 1.165) is 0 Å². The van der Waals surface area contributed by atoms with Gasteiger partial charge in [-0.1, -0.05) is 0 Å². The third kappa shape index (κ3) is 4.74. The molecule has 3 heteroatoms. The second-order valence-corrected chi connectivity index (χ2v) is 1.22. The molecule has 0 radical (unpaired) electrons. The first-order valence-corrected chi connectivity index (χ1v) is 2.01. The van der Waals surface area contributed by atoms with Crippen molar-refractivity contribution in [1.29, 1.82) is 0 Å². The molecule has 1 rings (SSSR count). The van der Waals surface area contributed by atoms with Gasteiger partial charge in [0.1, 0.15) is 0 Å². The van der Waals surface area contributed by atoms with E-state index in [4.69, 9.17) is 0 Å². The largest absolute Gasteiger partial charge is 2.00 e. The van der Waals surface area contributed by atoms with E-state index < -0.39 is 0 Å². The minimum Gasteiger partial charge on any atom is -1.00 e. The second kappa shape index (κ2) is 6.37. The van der Waals surface area contributed by atoms with Crippen LogP contribution in [0, 0.1) is 11.9 Å². The smallest absolute Gasteiger partial charge is 1.00 e. The molecule has 0 N–H and O–H groups in total. The zero-order chi connectivity index (χ0) is 5.11. The Balaban J connectivity index is 0. The van der Waals surface area contributed by atoms with Crippen LogP contribution in [0.25, 0.3) is 0 Å². The zero-order valence-electron chi connectivity index (χ0n) is 4.77. The summed E-state index contributed by atoms with van der Waals surface area (Å²) in [6.45, 7) is 0. The van der Waals surface area contributed by atoms with Gasteiger partial charge in [0, 0.05) is 5.82 Å². The molecule has 0 bridgehead atoms. The Kier molecular flexibility index (Phi) is 8.49. The van der Waals surface area contributed by atoms with Crippen molar-refractivity contribution in [3.05, 3.63) is 36.1 Å². The average molecular weight is 240 g/mol. The van der Waals surface area contributed by atoms with E-state index in [1.165, 1.54) is 12.1 Å². The Hall–Kier alpha value is 0.253. The van der Waals surface area contributed by atoms with Crippen LogP contribution < -0.4 is 17.0 Å². The maximum Gasteiger partial charge on any atom is 2.00 e. The molecule has 0 fully saturated rings. The molecule has 0 heterocycles. The van der Waals surface area contributed by atoms with Gasteiger partial charge < -0.3 is 17.0 Å². The van der Waals surface area contributed by atoms with Crippen molar-refractivity contribution in [1.82, 2.24) is 0 Å². The van der Waals surface area contributed by atoms with Gasteiger partial charge in [0.05, 0.1) is 0 Å². The topological polar surface area (TPSA) is 0 Å². The van der Waals surface area contributed by atoms with Crippen LogP contribution in [0.2, 0.25) is 0 Å². The first-order valence-electron chi connectivity index (χ1n) is 2.01. The Morgan fingerprint density at radius 3 is 2.33 bits per heavy atom. The van der Waals surface area contributed by atoms with E-state index in [1.807, 2.05) is 0 Å². The third-order valence-corrected chi connectivity index (χ3v) is 0.669. The molecule has 0 aromatic heterocycles. The summed E-state index contributed by atoms with van der Waals surface area (Å²) >= 11 is 0. The van der Waals surface area contributed by atoms with Crippen LogP contribution in [-0.2, 0) is 19.5 Å². The summed E-state index contributed by atoms with van der Waals surface area (Å²) in [6, 6.07) is 8.53. The van der Waals surface area contributed by atoms with E-state index >= 15 is 0 Å². The molecule has 0 aliphatic heterocycles. The summed E-state index contributed by atoms with van der Waals surface area (Å²) in [5.41, 5.74) is 0. The van der Waals surface area contributed by atoms with Crippen LogP contribution >= 0.6 is 0 Å². The molecule has 0 nitrogen and oxygen atoms in total. The summed E-state index contributed by atoms with van der Waals surface area (Å²) in [5.74, 6) is -0.234. The van der Waals surface area contributed by atoms with Gasteiger partial charge in [0.25, 0.3) is 0 Å². The quantitative estimate of drug-likeness (QED) is 0.388. The molecule has 44 valence electrons. The molecule has 0 spiro atoms. The van der Waals surface area contributed by atoms with Gasteiger partial charge in [-0.3, -0.25) is 4.39 Å².